The van der Waals surface area contributed by atoms with Crippen LogP contribution in [-0.2, 0) is 4.74 Å². The molecule has 82 valence electrons. The predicted octanol–water partition coefficient (Wildman–Crippen LogP) is 3.72. The molecule has 0 bridgehead atoms. The first kappa shape index (κ1) is 13.2. The van der Waals surface area contributed by atoms with E-state index in [9.17, 15) is 26.3 Å². The van der Waals surface area contributed by atoms with Gasteiger partial charge in [0.1, 0.15) is 0 Å². The number of rotatable bonds is 2. The average Bonchev–Trinajstić information content (AvgIpc) is 1.78. The summed E-state index contributed by atoms with van der Waals surface area (Å²) in [6.07, 6.45) is -10.2. The van der Waals surface area contributed by atoms with Gasteiger partial charge in [0.25, 0.3) is 0 Å². The third-order valence-electron chi connectivity index (χ3n) is 0.715. The molecule has 0 heterocycles. The van der Waals surface area contributed by atoms with Gasteiger partial charge < -0.3 is 4.74 Å². The molecule has 0 aliphatic rings. The van der Waals surface area contributed by atoms with Gasteiger partial charge in [-0.05, 0) is 11.6 Å². The highest BCUT2D eigenvalue weighted by molar-refractivity contribution is 6.28. The van der Waals surface area contributed by atoms with Gasteiger partial charge in [-0.3, -0.25) is 0 Å². The number of hydrogen-bond donors (Lipinski definition) is 0. The highest BCUT2D eigenvalue weighted by Crippen LogP contribution is 2.22. The van der Waals surface area contributed by atoms with Gasteiger partial charge in [0.15, 0.2) is 5.22 Å². The van der Waals surface area contributed by atoms with Crippen molar-refractivity contribution >= 4 is 11.6 Å². The van der Waals surface area contributed by atoms with E-state index in [2.05, 4.69) is 4.74 Å². The van der Waals surface area contributed by atoms with Gasteiger partial charge in [-0.15, -0.1) is 0 Å². The molecule has 0 spiro atoms. The van der Waals surface area contributed by atoms with E-state index in [4.69, 9.17) is 11.6 Å². The standard InChI is InChI=1S/C6H3ClF6O/c7-4(3-6(11,12)13)14-2-1-5(8,9)10/h1-3H. The average molecular weight is 241 g/mol. The Morgan fingerprint density at radius 2 is 1.50 bits per heavy atom. The van der Waals surface area contributed by atoms with E-state index in [0.29, 0.717) is 0 Å². The van der Waals surface area contributed by atoms with Crippen molar-refractivity contribution < 1.29 is 31.1 Å². The minimum Gasteiger partial charge on any atom is -0.453 e. The molecule has 0 aromatic heterocycles. The van der Waals surface area contributed by atoms with Gasteiger partial charge in [-0.2, -0.15) is 26.3 Å². The molecule has 0 amide bonds. The van der Waals surface area contributed by atoms with E-state index >= 15 is 0 Å². The van der Waals surface area contributed by atoms with Crippen molar-refractivity contribution in [1.29, 1.82) is 0 Å². The van der Waals surface area contributed by atoms with Crippen LogP contribution in [0.3, 0.4) is 0 Å². The molecule has 8 heteroatoms. The van der Waals surface area contributed by atoms with Crippen LogP contribution in [0.5, 0.6) is 0 Å². The molecule has 0 saturated heterocycles. The Hall–Kier alpha value is -0.850. The summed E-state index contributed by atoms with van der Waals surface area (Å²) in [4.78, 5) is 0. The van der Waals surface area contributed by atoms with Crippen molar-refractivity contribution in [2.45, 2.75) is 12.4 Å². The topological polar surface area (TPSA) is 9.23 Å². The fraction of sp³-hybridized carbons (Fsp3) is 0.333. The van der Waals surface area contributed by atoms with Crippen LogP contribution in [0.1, 0.15) is 0 Å². The zero-order valence-electron chi connectivity index (χ0n) is 6.29. The minimum atomic E-state index is -4.73. The first-order valence-corrected chi connectivity index (χ1v) is 3.34. The van der Waals surface area contributed by atoms with Gasteiger partial charge in [-0.1, -0.05) is 0 Å². The van der Waals surface area contributed by atoms with Crippen LogP contribution < -0.4 is 0 Å². The summed E-state index contributed by atoms with van der Waals surface area (Å²) in [5.74, 6) is 0. The summed E-state index contributed by atoms with van der Waals surface area (Å²) >= 11 is 4.79. The minimum absolute atomic E-state index is 0.0184. The molecule has 0 saturated carbocycles. The number of alkyl halides is 6. The van der Waals surface area contributed by atoms with E-state index in [-0.39, 0.29) is 12.3 Å². The molecule has 0 aliphatic carbocycles. The second-order valence-corrected chi connectivity index (χ2v) is 2.32. The van der Waals surface area contributed by atoms with E-state index in [1.165, 1.54) is 0 Å². The Morgan fingerprint density at radius 1 is 1.00 bits per heavy atom. The SMILES string of the molecule is FC(F)(F)C=COC(Cl)=CC(F)(F)F. The summed E-state index contributed by atoms with van der Waals surface area (Å²) in [7, 11) is 0. The van der Waals surface area contributed by atoms with Crippen molar-refractivity contribution in [2.24, 2.45) is 0 Å². The molecule has 0 aromatic carbocycles. The van der Waals surface area contributed by atoms with Crippen LogP contribution in [0, 0.1) is 0 Å². The smallest absolute Gasteiger partial charge is 0.414 e. The fourth-order valence-corrected chi connectivity index (χ4v) is 0.514. The molecule has 1 nitrogen and oxygen atoms in total. The summed E-state index contributed by atoms with van der Waals surface area (Å²) in [5.41, 5.74) is 0. The van der Waals surface area contributed by atoms with E-state index in [0.717, 1.165) is 0 Å². The molecule has 0 fully saturated rings. The Balaban J connectivity index is 4.17. The third-order valence-corrected chi connectivity index (χ3v) is 0.913. The van der Waals surface area contributed by atoms with Crippen LogP contribution in [0.4, 0.5) is 26.3 Å². The Bertz CT molecular complexity index is 238. The first-order valence-electron chi connectivity index (χ1n) is 2.96. The molecule has 0 unspecified atom stereocenters. The molecule has 0 atom stereocenters. The van der Waals surface area contributed by atoms with Gasteiger partial charge >= 0.3 is 12.4 Å². The Labute approximate surface area is 79.6 Å². The van der Waals surface area contributed by atoms with Crippen molar-refractivity contribution in [3.05, 3.63) is 23.6 Å². The second-order valence-electron chi connectivity index (χ2n) is 1.95. The number of halogens is 7. The highest BCUT2D eigenvalue weighted by Gasteiger charge is 2.25. The first-order chi connectivity index (χ1) is 6.10. The lowest BCUT2D eigenvalue weighted by Crippen LogP contribution is -2.03. The quantitative estimate of drug-likeness (QED) is 0.528. The maximum atomic E-state index is 11.5. The van der Waals surface area contributed by atoms with Crippen molar-refractivity contribution in [2.75, 3.05) is 0 Å². The second kappa shape index (κ2) is 4.59. The summed E-state index contributed by atoms with van der Waals surface area (Å²) < 4.78 is 72.4. The number of allylic oxidation sites excluding steroid dienone is 2. The molecule has 0 N–H and O–H groups in total. The maximum Gasteiger partial charge on any atom is 0.414 e. The molecule has 0 radical (unpaired) electrons. The van der Waals surface area contributed by atoms with Crippen LogP contribution >= 0.6 is 11.6 Å². The van der Waals surface area contributed by atoms with Crippen LogP contribution in [0.25, 0.3) is 0 Å². The third kappa shape index (κ3) is 9.24. The van der Waals surface area contributed by atoms with Crippen molar-refractivity contribution in [3.8, 4) is 0 Å². The van der Waals surface area contributed by atoms with Gasteiger partial charge in [0.2, 0.25) is 0 Å². The predicted molar refractivity (Wildman–Crippen MR) is 36.3 cm³/mol. The summed E-state index contributed by atoms with van der Waals surface area (Å²) in [6, 6.07) is 0. The van der Waals surface area contributed by atoms with Crippen LogP contribution in [0.2, 0.25) is 0 Å². The molecular weight excluding hydrogens is 238 g/mol. The molecule has 14 heavy (non-hydrogen) atoms. The van der Waals surface area contributed by atoms with Crippen molar-refractivity contribution in [1.82, 2.24) is 0 Å². The van der Waals surface area contributed by atoms with Gasteiger partial charge in [0.05, 0.1) is 18.4 Å². The maximum absolute atomic E-state index is 11.5. The van der Waals surface area contributed by atoms with Crippen molar-refractivity contribution in [3.63, 3.8) is 0 Å². The van der Waals surface area contributed by atoms with Crippen LogP contribution in [0.15, 0.2) is 23.6 Å². The molecular formula is C6H3ClF6O. The fourth-order valence-electron chi connectivity index (χ4n) is 0.339. The highest BCUT2D eigenvalue weighted by atomic mass is 35.5. The van der Waals surface area contributed by atoms with Gasteiger partial charge in [-0.25, -0.2) is 0 Å². The molecule has 0 aromatic rings. The number of hydrogen-bond acceptors (Lipinski definition) is 1. The lowest BCUT2D eigenvalue weighted by molar-refractivity contribution is -0.0822. The van der Waals surface area contributed by atoms with Crippen LogP contribution in [-0.4, -0.2) is 12.4 Å². The Kier molecular flexibility index (Phi) is 4.31. The zero-order chi connectivity index (χ0) is 11.4. The largest absolute Gasteiger partial charge is 0.453 e. The zero-order valence-corrected chi connectivity index (χ0v) is 7.04. The van der Waals surface area contributed by atoms with E-state index in [1.807, 2.05) is 0 Å². The normalized spacial score (nSPS) is 14.9. The van der Waals surface area contributed by atoms with E-state index in [1.54, 1.807) is 0 Å². The van der Waals surface area contributed by atoms with E-state index < -0.39 is 23.6 Å². The monoisotopic (exact) mass is 240 g/mol. The number of ether oxygens (including phenoxy) is 1. The summed E-state index contributed by atoms with van der Waals surface area (Å²) in [6.45, 7) is 0. The lowest BCUT2D eigenvalue weighted by atomic mass is 10.6. The molecule has 0 rings (SSSR count). The summed E-state index contributed by atoms with van der Waals surface area (Å²) in [5, 5.41) is -1.20. The Morgan fingerprint density at radius 3 is 1.86 bits per heavy atom. The lowest BCUT2D eigenvalue weighted by Gasteiger charge is -2.01. The van der Waals surface area contributed by atoms with Gasteiger partial charge in [0, 0.05) is 0 Å². The molecule has 0 aliphatic heterocycles.